The summed E-state index contributed by atoms with van der Waals surface area (Å²) in [5.41, 5.74) is -0.580. The minimum atomic E-state index is -4.55. The van der Waals surface area contributed by atoms with Crippen LogP contribution in [0.15, 0.2) is 70.2 Å². The summed E-state index contributed by atoms with van der Waals surface area (Å²) >= 11 is 1.54. The maximum atomic E-state index is 13.7. The van der Waals surface area contributed by atoms with Crippen molar-refractivity contribution in [1.82, 2.24) is 5.32 Å². The van der Waals surface area contributed by atoms with Gasteiger partial charge in [-0.05, 0) is 30.3 Å². The Hall–Kier alpha value is -3.71. The van der Waals surface area contributed by atoms with E-state index in [1.165, 1.54) is 56.3 Å². The average molecular weight is 536 g/mol. The van der Waals surface area contributed by atoms with E-state index in [9.17, 15) is 23.3 Å². The van der Waals surface area contributed by atoms with Crippen molar-refractivity contribution in [1.29, 1.82) is 0 Å². The lowest BCUT2D eigenvalue weighted by atomic mass is 10.2. The van der Waals surface area contributed by atoms with E-state index < -0.39 is 38.0 Å². The number of carbonyl (C=O) groups is 1. The molecule has 0 radical (unpaired) electrons. The largest absolute Gasteiger partial charge is 0.497 e. The van der Waals surface area contributed by atoms with E-state index in [0.29, 0.717) is 17.3 Å². The second-order valence-electron chi connectivity index (χ2n) is 7.26. The monoisotopic (exact) mass is 535 g/mol. The predicted molar refractivity (Wildman–Crippen MR) is 135 cm³/mol. The van der Waals surface area contributed by atoms with Gasteiger partial charge >= 0.3 is 0 Å². The van der Waals surface area contributed by atoms with Crippen LogP contribution >= 0.6 is 11.8 Å². The Kier molecular flexibility index (Phi) is 9.19. The number of ether oxygens (including phenoxy) is 2. The molecule has 13 heteroatoms. The summed E-state index contributed by atoms with van der Waals surface area (Å²) in [6.07, 6.45) is 1.58. The number of thioether (sulfide) groups is 1. The van der Waals surface area contributed by atoms with Gasteiger partial charge < -0.3 is 19.2 Å². The minimum Gasteiger partial charge on any atom is -0.497 e. The number of hydrogen-bond donors (Lipinski definition) is 1. The summed E-state index contributed by atoms with van der Waals surface area (Å²) < 4.78 is 43.9. The number of anilines is 1. The van der Waals surface area contributed by atoms with Gasteiger partial charge in [-0.15, -0.1) is 0 Å². The molecule has 2 aromatic carbocycles. The van der Waals surface area contributed by atoms with E-state index in [4.69, 9.17) is 13.9 Å². The van der Waals surface area contributed by atoms with Gasteiger partial charge in [-0.25, -0.2) is 8.42 Å². The molecule has 0 saturated carbocycles. The number of methoxy groups -OCH3 is 2. The third kappa shape index (κ3) is 6.49. The highest BCUT2D eigenvalue weighted by Gasteiger charge is 2.34. The highest BCUT2D eigenvalue weighted by molar-refractivity contribution is 7.98. The van der Waals surface area contributed by atoms with Crippen molar-refractivity contribution in [2.75, 3.05) is 37.4 Å². The fraction of sp³-hybridized carbons (Fsp3) is 0.261. The van der Waals surface area contributed by atoms with Gasteiger partial charge in [-0.2, -0.15) is 11.8 Å². The topological polar surface area (TPSA) is 141 Å². The summed E-state index contributed by atoms with van der Waals surface area (Å²) in [5.74, 6) is 1.92. The number of sulfonamides is 1. The molecule has 1 heterocycles. The number of nitro groups is 1. The molecule has 0 bridgehead atoms. The van der Waals surface area contributed by atoms with E-state index in [0.717, 1.165) is 22.2 Å². The zero-order valence-electron chi connectivity index (χ0n) is 19.6. The third-order valence-electron chi connectivity index (χ3n) is 4.97. The van der Waals surface area contributed by atoms with Crippen LogP contribution in [0.4, 0.5) is 11.4 Å². The van der Waals surface area contributed by atoms with Crippen LogP contribution in [0.5, 0.6) is 11.5 Å². The molecule has 1 N–H and O–H groups in total. The summed E-state index contributed by atoms with van der Waals surface area (Å²) in [6.45, 7) is -0.344. The smallest absolute Gasteiger partial charge is 0.289 e. The van der Waals surface area contributed by atoms with Crippen molar-refractivity contribution in [2.45, 2.75) is 10.6 Å². The van der Waals surface area contributed by atoms with Crippen LogP contribution in [0.1, 0.15) is 5.76 Å². The molecule has 0 aliphatic heterocycles. The molecular formula is C23H25N3O8S2. The lowest BCUT2D eigenvalue weighted by Gasteiger charge is -2.25. The second-order valence-corrected chi connectivity index (χ2v) is 10.2. The van der Waals surface area contributed by atoms with Crippen LogP contribution < -0.4 is 19.1 Å². The number of carbonyl (C=O) groups excluding carboxylic acids is 1. The molecule has 0 spiro atoms. The molecule has 0 saturated heterocycles. The van der Waals surface area contributed by atoms with Gasteiger partial charge in [0, 0.05) is 24.4 Å². The molecule has 0 aliphatic rings. The van der Waals surface area contributed by atoms with E-state index in [1.54, 1.807) is 12.3 Å². The van der Waals surface area contributed by atoms with Crippen molar-refractivity contribution in [3.05, 3.63) is 76.7 Å². The lowest BCUT2D eigenvalue weighted by molar-refractivity contribution is -0.387. The van der Waals surface area contributed by atoms with Crippen molar-refractivity contribution in [2.24, 2.45) is 0 Å². The van der Waals surface area contributed by atoms with E-state index >= 15 is 0 Å². The van der Waals surface area contributed by atoms with Gasteiger partial charge in [0.25, 0.3) is 15.7 Å². The average Bonchev–Trinajstić information content (AvgIpc) is 3.40. The number of nitro benzene ring substituents is 1. The first-order valence-electron chi connectivity index (χ1n) is 10.6. The highest BCUT2D eigenvalue weighted by Crippen LogP contribution is 2.37. The van der Waals surface area contributed by atoms with E-state index in [1.807, 2.05) is 6.07 Å². The Morgan fingerprint density at radius 2 is 1.92 bits per heavy atom. The summed E-state index contributed by atoms with van der Waals surface area (Å²) in [7, 11) is -1.77. The van der Waals surface area contributed by atoms with E-state index in [-0.39, 0.29) is 18.0 Å². The summed E-state index contributed by atoms with van der Waals surface area (Å²) in [4.78, 5) is 23.0. The molecular weight excluding hydrogens is 510 g/mol. The van der Waals surface area contributed by atoms with Crippen LogP contribution in [0.2, 0.25) is 0 Å². The van der Waals surface area contributed by atoms with Crippen LogP contribution in [0, 0.1) is 10.1 Å². The molecule has 1 amide bonds. The minimum absolute atomic E-state index is 0.0267. The maximum absolute atomic E-state index is 13.7. The van der Waals surface area contributed by atoms with Gasteiger partial charge in [0.2, 0.25) is 5.91 Å². The number of amides is 1. The number of benzene rings is 2. The predicted octanol–water partition coefficient (Wildman–Crippen LogP) is 3.45. The number of nitrogens with zero attached hydrogens (tertiary/aromatic N) is 2. The Balaban J connectivity index is 1.86. The lowest BCUT2D eigenvalue weighted by Crippen LogP contribution is -2.41. The standard InChI is InChI=1S/C23H25N3O8S2/c1-32-17-9-10-19(21(14-17)33-2)25(36(30,31)22-8-4-3-7-20(22)26(28)29)15-23(27)24-11-13-35-16-18-6-5-12-34-18/h3-10,12,14H,11,13,15-16H2,1-2H3,(H,24,27). The van der Waals surface area contributed by atoms with Crippen LogP contribution in [-0.2, 0) is 20.6 Å². The molecule has 11 nitrogen and oxygen atoms in total. The number of furan rings is 1. The first-order chi connectivity index (χ1) is 17.3. The van der Waals surface area contributed by atoms with Gasteiger partial charge in [-0.3, -0.25) is 19.2 Å². The molecule has 192 valence electrons. The fourth-order valence-corrected chi connectivity index (χ4v) is 5.60. The third-order valence-corrected chi connectivity index (χ3v) is 7.75. The Morgan fingerprint density at radius 3 is 2.58 bits per heavy atom. The van der Waals surface area contributed by atoms with Crippen LogP contribution in [0.3, 0.4) is 0 Å². The number of nitrogens with one attached hydrogen (secondary N) is 1. The second kappa shape index (κ2) is 12.3. The van der Waals surface area contributed by atoms with Crippen LogP contribution in [0.25, 0.3) is 0 Å². The summed E-state index contributed by atoms with van der Waals surface area (Å²) in [5, 5.41) is 14.2. The Bertz CT molecular complexity index is 1300. The zero-order chi connectivity index (χ0) is 26.1. The highest BCUT2D eigenvalue weighted by atomic mass is 32.2. The van der Waals surface area contributed by atoms with Crippen molar-refractivity contribution in [3.63, 3.8) is 0 Å². The van der Waals surface area contributed by atoms with Gasteiger partial charge in [0.1, 0.15) is 23.8 Å². The molecule has 1 aromatic heterocycles. The molecule has 3 rings (SSSR count). The first kappa shape index (κ1) is 26.9. The molecule has 0 aliphatic carbocycles. The number of rotatable bonds is 13. The zero-order valence-corrected chi connectivity index (χ0v) is 21.2. The number of hydrogen-bond acceptors (Lipinski definition) is 9. The van der Waals surface area contributed by atoms with Crippen molar-refractivity contribution in [3.8, 4) is 11.5 Å². The van der Waals surface area contributed by atoms with Crippen molar-refractivity contribution >= 4 is 39.1 Å². The Labute approximate surface area is 212 Å². The molecule has 0 atom stereocenters. The fourth-order valence-electron chi connectivity index (χ4n) is 3.25. The SMILES string of the molecule is COc1ccc(N(CC(=O)NCCSCc2ccco2)S(=O)(=O)c2ccccc2[N+](=O)[O-])c(OC)c1. The molecule has 3 aromatic rings. The quantitative estimate of drug-likeness (QED) is 0.198. The van der Waals surface area contributed by atoms with Gasteiger partial charge in [-0.1, -0.05) is 12.1 Å². The molecule has 0 unspecified atom stereocenters. The maximum Gasteiger partial charge on any atom is 0.289 e. The number of para-hydroxylation sites is 1. The van der Waals surface area contributed by atoms with Gasteiger partial charge in [0.05, 0.1) is 36.8 Å². The van der Waals surface area contributed by atoms with Gasteiger partial charge in [0.15, 0.2) is 4.90 Å². The molecule has 0 fully saturated rings. The summed E-state index contributed by atoms with van der Waals surface area (Å²) in [6, 6.07) is 13.0. The molecule has 36 heavy (non-hydrogen) atoms. The van der Waals surface area contributed by atoms with Crippen molar-refractivity contribution < 1.29 is 32.0 Å². The van der Waals surface area contributed by atoms with Crippen LogP contribution in [-0.4, -0.2) is 52.3 Å². The normalized spacial score (nSPS) is 11.1. The first-order valence-corrected chi connectivity index (χ1v) is 13.2. The van der Waals surface area contributed by atoms with E-state index in [2.05, 4.69) is 5.32 Å². The Morgan fingerprint density at radius 1 is 1.14 bits per heavy atom.